The van der Waals surface area contributed by atoms with Gasteiger partial charge in [-0.25, -0.2) is 0 Å². The number of carbonyl (C=O) groups excluding carboxylic acids is 1. The predicted molar refractivity (Wildman–Crippen MR) is 146 cm³/mol. The van der Waals surface area contributed by atoms with Crippen LogP contribution in [-0.4, -0.2) is 62.6 Å². The Morgan fingerprint density at radius 1 is 1.17 bits per heavy atom. The summed E-state index contributed by atoms with van der Waals surface area (Å²) in [5, 5.41) is 20.6. The van der Waals surface area contributed by atoms with Gasteiger partial charge in [0.15, 0.2) is 0 Å². The van der Waals surface area contributed by atoms with Gasteiger partial charge in [-0.1, -0.05) is 49.2 Å². The van der Waals surface area contributed by atoms with Crippen LogP contribution in [0.25, 0.3) is 5.70 Å². The lowest BCUT2D eigenvalue weighted by atomic mass is 9.83. The number of nitrogens with zero attached hydrogens (tertiary/aromatic N) is 3. The number of aliphatic hydroxyl groups excluding tert-OH is 1. The van der Waals surface area contributed by atoms with Crippen LogP contribution in [0.4, 0.5) is 5.69 Å². The number of hydrazine groups is 2. The Kier molecular flexibility index (Phi) is 6.44. The van der Waals surface area contributed by atoms with E-state index >= 15 is 0 Å². The van der Waals surface area contributed by atoms with Crippen molar-refractivity contribution in [3.8, 4) is 0 Å². The van der Waals surface area contributed by atoms with E-state index < -0.39 is 6.10 Å². The maximum Gasteiger partial charge on any atom is 0.247 e. The summed E-state index contributed by atoms with van der Waals surface area (Å²) >= 11 is 3.48. The monoisotopic (exact) mass is 525 g/mol. The smallest absolute Gasteiger partial charge is 0.247 e. The van der Waals surface area contributed by atoms with E-state index in [1.807, 2.05) is 28.0 Å². The third kappa shape index (κ3) is 4.30. The quantitative estimate of drug-likeness (QED) is 0.529. The molecule has 1 unspecified atom stereocenters. The number of hydrogen-bond acceptors (Lipinski definition) is 8. The molecule has 9 heteroatoms. The molecule has 2 aromatic rings. The van der Waals surface area contributed by atoms with Crippen molar-refractivity contribution in [2.45, 2.75) is 73.4 Å². The highest BCUT2D eigenvalue weighted by Crippen LogP contribution is 2.50. The molecule has 0 bridgehead atoms. The van der Waals surface area contributed by atoms with Crippen LogP contribution in [-0.2, 0) is 4.79 Å². The Bertz CT molecular complexity index is 1110. The van der Waals surface area contributed by atoms with Gasteiger partial charge in [-0.3, -0.25) is 14.8 Å². The molecule has 36 heavy (non-hydrogen) atoms. The van der Waals surface area contributed by atoms with Crippen LogP contribution in [0.5, 0.6) is 0 Å². The highest BCUT2D eigenvalue weighted by Gasteiger charge is 2.51. The van der Waals surface area contributed by atoms with Crippen LogP contribution < -0.4 is 10.9 Å². The number of fused-ring (bicyclic) bond motifs is 1. The van der Waals surface area contributed by atoms with E-state index in [0.717, 1.165) is 37.1 Å². The molecule has 1 aromatic heterocycles. The van der Waals surface area contributed by atoms with E-state index in [9.17, 15) is 9.90 Å². The predicted octanol–water partition coefficient (Wildman–Crippen LogP) is 4.56. The largest absolute Gasteiger partial charge is 0.391 e. The van der Waals surface area contributed by atoms with E-state index in [-0.39, 0.29) is 28.8 Å². The van der Waals surface area contributed by atoms with Gasteiger partial charge in [-0.2, -0.15) is 0 Å². The van der Waals surface area contributed by atoms with Crippen LogP contribution in [0.1, 0.15) is 50.3 Å². The van der Waals surface area contributed by atoms with Gasteiger partial charge >= 0.3 is 0 Å². The van der Waals surface area contributed by atoms with Crippen molar-refractivity contribution in [1.29, 1.82) is 0 Å². The first-order valence-electron chi connectivity index (χ1n) is 13.0. The van der Waals surface area contributed by atoms with Crippen LogP contribution in [0, 0.1) is 5.92 Å². The number of para-hydroxylation sites is 1. The van der Waals surface area contributed by atoms with Crippen molar-refractivity contribution < 1.29 is 9.90 Å². The fourth-order valence-corrected chi connectivity index (χ4v) is 8.47. The first kappa shape index (κ1) is 24.2. The Morgan fingerprint density at radius 2 is 1.97 bits per heavy atom. The fraction of sp³-hybridized carbons (Fsp3) is 0.519. The third-order valence-electron chi connectivity index (χ3n) is 8.10. The van der Waals surface area contributed by atoms with Gasteiger partial charge in [0.25, 0.3) is 0 Å². The molecule has 1 aromatic carbocycles. The molecule has 7 nitrogen and oxygen atoms in total. The summed E-state index contributed by atoms with van der Waals surface area (Å²) in [4.78, 5) is 18.5. The lowest BCUT2D eigenvalue weighted by molar-refractivity contribution is -0.142. The molecular weight excluding hydrogens is 490 g/mol. The fourth-order valence-electron chi connectivity index (χ4n) is 6.35. The summed E-state index contributed by atoms with van der Waals surface area (Å²) in [6.45, 7) is 2.55. The van der Waals surface area contributed by atoms with Gasteiger partial charge < -0.3 is 15.3 Å². The Hall–Kier alpha value is -2.20. The minimum Gasteiger partial charge on any atom is -0.391 e. The van der Waals surface area contributed by atoms with E-state index in [0.29, 0.717) is 13.0 Å². The lowest BCUT2D eigenvalue weighted by Crippen LogP contribution is -2.59. The van der Waals surface area contributed by atoms with Gasteiger partial charge in [0.05, 0.1) is 22.7 Å². The second-order valence-corrected chi connectivity index (χ2v) is 13.1. The molecule has 1 amide bonds. The number of thioether (sulfide) groups is 1. The molecule has 3 aliphatic heterocycles. The highest BCUT2D eigenvalue weighted by atomic mass is 32.2. The van der Waals surface area contributed by atoms with Crippen LogP contribution in [0.15, 0.2) is 52.9 Å². The molecule has 4 heterocycles. The van der Waals surface area contributed by atoms with E-state index in [1.165, 1.54) is 16.2 Å². The first-order chi connectivity index (χ1) is 17.4. The normalized spacial score (nSPS) is 29.3. The van der Waals surface area contributed by atoms with E-state index in [4.69, 9.17) is 0 Å². The van der Waals surface area contributed by atoms with Crippen molar-refractivity contribution in [2.24, 2.45) is 5.92 Å². The number of benzene rings is 1. The lowest BCUT2D eigenvalue weighted by Gasteiger charge is -2.42. The SMILES string of the molecule is CN1NN([C@H](C(=O)N2C[C@H](O)C[C@H]2C2(C)Nc3ccccc3S2)C2CCCCC2)C=C1c1cccs1. The number of aliphatic hydroxyl groups is 1. The standard InChI is InChI=1S/C27H35N5O2S2/c1-27(28-20-11-6-7-12-22(20)36-27)24-15-19(33)16-31(24)26(34)25(18-9-4-3-5-10-18)32-17-21(30(2)29-32)23-13-8-14-35-23/h6-8,11-14,17-19,24-25,28-29,33H,3-5,9-10,15-16H2,1-2H3/t19-,24+,25+,27?/m1/s1. The van der Waals surface area contributed by atoms with Gasteiger partial charge in [0, 0.05) is 30.4 Å². The van der Waals surface area contributed by atoms with Gasteiger partial charge in [0.2, 0.25) is 5.91 Å². The van der Waals surface area contributed by atoms with Crippen LogP contribution >= 0.6 is 23.1 Å². The minimum atomic E-state index is -0.514. The maximum atomic E-state index is 14.5. The molecule has 0 radical (unpaired) electrons. The number of rotatable bonds is 5. The summed E-state index contributed by atoms with van der Waals surface area (Å²) in [5.41, 5.74) is 5.64. The van der Waals surface area contributed by atoms with Gasteiger partial charge in [-0.05, 0) is 55.7 Å². The zero-order chi connectivity index (χ0) is 24.9. The molecule has 1 saturated heterocycles. The zero-order valence-corrected chi connectivity index (χ0v) is 22.5. The topological polar surface area (TPSA) is 71.1 Å². The number of amides is 1. The second-order valence-electron chi connectivity index (χ2n) is 10.6. The average Bonchev–Trinajstić information content (AvgIpc) is 3.65. The molecule has 192 valence electrons. The van der Waals surface area contributed by atoms with E-state index in [1.54, 1.807) is 23.1 Å². The molecule has 6 rings (SSSR count). The van der Waals surface area contributed by atoms with Gasteiger partial charge in [-0.15, -0.1) is 16.9 Å². The molecule has 4 aliphatic rings. The molecule has 0 spiro atoms. The summed E-state index contributed by atoms with van der Waals surface area (Å²) in [6.07, 6.45) is 7.84. The second kappa shape index (κ2) is 9.59. The van der Waals surface area contributed by atoms with E-state index in [2.05, 4.69) is 59.7 Å². The maximum absolute atomic E-state index is 14.5. The van der Waals surface area contributed by atoms with Crippen LogP contribution in [0.2, 0.25) is 0 Å². The molecule has 1 saturated carbocycles. The van der Waals surface area contributed by atoms with Crippen molar-refractivity contribution in [3.63, 3.8) is 0 Å². The highest BCUT2D eigenvalue weighted by molar-refractivity contribution is 8.01. The molecule has 2 fully saturated rings. The number of carbonyl (C=O) groups is 1. The number of hydrogen-bond donors (Lipinski definition) is 3. The molecule has 1 aliphatic carbocycles. The van der Waals surface area contributed by atoms with Crippen LogP contribution in [0.3, 0.4) is 0 Å². The number of β-amino-alcohol motifs (C(OH)–C–C–N with tert-alkyl or cyclic N) is 1. The van der Waals surface area contributed by atoms with Crippen molar-refractivity contribution in [3.05, 3.63) is 52.9 Å². The summed E-state index contributed by atoms with van der Waals surface area (Å²) < 4.78 is 0. The Labute approximate surface area is 221 Å². The molecular formula is C27H35N5O2S2. The first-order valence-corrected chi connectivity index (χ1v) is 14.7. The number of nitrogens with one attached hydrogen (secondary N) is 2. The minimum absolute atomic E-state index is 0.107. The summed E-state index contributed by atoms with van der Waals surface area (Å²) in [6, 6.07) is 12.1. The summed E-state index contributed by atoms with van der Waals surface area (Å²) in [5.74, 6) is 0.395. The number of anilines is 1. The van der Waals surface area contributed by atoms with Crippen molar-refractivity contribution in [2.75, 3.05) is 18.9 Å². The molecule has 3 N–H and O–H groups in total. The average molecular weight is 526 g/mol. The number of likely N-dealkylation sites (tertiary alicyclic amines) is 1. The van der Waals surface area contributed by atoms with Crippen molar-refractivity contribution >= 4 is 40.4 Å². The van der Waals surface area contributed by atoms with Crippen molar-refractivity contribution in [1.82, 2.24) is 20.5 Å². The zero-order valence-electron chi connectivity index (χ0n) is 20.9. The third-order valence-corrected chi connectivity index (χ3v) is 10.4. The molecule has 4 atom stereocenters. The summed E-state index contributed by atoms with van der Waals surface area (Å²) in [7, 11) is 2.01. The number of thiophene rings is 1. The Morgan fingerprint density at radius 3 is 2.72 bits per heavy atom. The Balaban J connectivity index is 1.31. The van der Waals surface area contributed by atoms with Gasteiger partial charge in [0.1, 0.15) is 10.9 Å².